The largest absolute Gasteiger partial charge is 0.398 e. The predicted molar refractivity (Wildman–Crippen MR) is 29.4 cm³/mol. The summed E-state index contributed by atoms with van der Waals surface area (Å²) >= 11 is 0. The molecule has 1 aliphatic heterocycles. The number of nitrogens with two attached hydrogens (primary N) is 1. The van der Waals surface area contributed by atoms with Crippen molar-refractivity contribution >= 4 is 0 Å². The van der Waals surface area contributed by atoms with E-state index in [-0.39, 0.29) is 0 Å². The van der Waals surface area contributed by atoms with Crippen LogP contribution < -0.4 is 16.4 Å². The lowest BCUT2D eigenvalue weighted by Gasteiger charge is -2.18. The van der Waals surface area contributed by atoms with Crippen LogP contribution in [0.2, 0.25) is 0 Å². The summed E-state index contributed by atoms with van der Waals surface area (Å²) in [6.45, 7) is 0.571. The fourth-order valence-electron chi connectivity index (χ4n) is 0.521. The van der Waals surface area contributed by atoms with Crippen molar-refractivity contribution in [3.63, 3.8) is 0 Å². The van der Waals surface area contributed by atoms with Gasteiger partial charge in [-0.15, -0.1) is 0 Å². The minimum atomic E-state index is -0.670. The molecule has 0 bridgehead atoms. The highest BCUT2D eigenvalue weighted by molar-refractivity contribution is 5.03. The molecule has 0 spiro atoms. The van der Waals surface area contributed by atoms with Gasteiger partial charge in [-0.2, -0.15) is 0 Å². The molecule has 8 heavy (non-hydrogen) atoms. The van der Waals surface area contributed by atoms with Gasteiger partial charge in [-0.3, -0.25) is 5.32 Å². The molecular weight excluding hydrogens is 106 g/mol. The Morgan fingerprint density at radius 1 is 1.88 bits per heavy atom. The van der Waals surface area contributed by atoms with Gasteiger partial charge in [0.15, 0.2) is 0 Å². The lowest BCUT2D eigenvalue weighted by atomic mass is 10.4. The van der Waals surface area contributed by atoms with E-state index in [1.54, 1.807) is 6.20 Å². The van der Waals surface area contributed by atoms with Crippen molar-refractivity contribution in [3.05, 3.63) is 11.9 Å². The average Bonchev–Trinajstić information content (AvgIpc) is 1.77. The van der Waals surface area contributed by atoms with E-state index in [0.29, 0.717) is 12.4 Å². The van der Waals surface area contributed by atoms with Gasteiger partial charge >= 0.3 is 0 Å². The summed E-state index contributed by atoms with van der Waals surface area (Å²) in [5, 5.41) is 14.3. The first-order valence-corrected chi connectivity index (χ1v) is 2.41. The highest BCUT2D eigenvalue weighted by Crippen LogP contribution is 1.90. The van der Waals surface area contributed by atoms with Gasteiger partial charge in [-0.25, -0.2) is 0 Å². The number of nitrogens with one attached hydrogen (secondary N) is 2. The van der Waals surface area contributed by atoms with Gasteiger partial charge in [0.2, 0.25) is 0 Å². The third-order valence-corrected chi connectivity index (χ3v) is 0.982. The van der Waals surface area contributed by atoms with Crippen molar-refractivity contribution in [1.29, 1.82) is 0 Å². The Bertz CT molecular complexity index is 112. The summed E-state index contributed by atoms with van der Waals surface area (Å²) in [4.78, 5) is 0. The van der Waals surface area contributed by atoms with E-state index in [9.17, 15) is 0 Å². The van der Waals surface area contributed by atoms with Crippen molar-refractivity contribution in [2.24, 2.45) is 5.73 Å². The maximum atomic E-state index is 8.83. The van der Waals surface area contributed by atoms with Crippen LogP contribution in [0.4, 0.5) is 0 Å². The Morgan fingerprint density at radius 3 is 3.00 bits per heavy atom. The van der Waals surface area contributed by atoms with Crippen LogP contribution >= 0.6 is 0 Å². The summed E-state index contributed by atoms with van der Waals surface area (Å²) in [6.07, 6.45) is 0.914. The molecule has 0 aromatic heterocycles. The molecule has 0 saturated heterocycles. The van der Waals surface area contributed by atoms with Gasteiger partial charge in [-0.05, 0) is 0 Å². The molecule has 46 valence electrons. The third kappa shape index (κ3) is 0.907. The molecule has 0 aromatic rings. The van der Waals surface area contributed by atoms with Crippen molar-refractivity contribution in [1.82, 2.24) is 10.6 Å². The van der Waals surface area contributed by atoms with Crippen molar-refractivity contribution in [2.75, 3.05) is 6.67 Å². The molecule has 0 fully saturated rings. The molecule has 0 aromatic carbocycles. The van der Waals surface area contributed by atoms with Crippen LogP contribution in [0.5, 0.6) is 0 Å². The summed E-state index contributed by atoms with van der Waals surface area (Å²) in [6, 6.07) is 0. The minimum Gasteiger partial charge on any atom is -0.398 e. The molecule has 1 atom stereocenters. The molecule has 0 amide bonds. The predicted octanol–water partition coefficient (Wildman–Crippen LogP) is -1.74. The number of aliphatic hydroxyl groups is 1. The lowest BCUT2D eigenvalue weighted by molar-refractivity contribution is 0.161. The SMILES string of the molecule is NC1=CNCNC1O. The smallest absolute Gasteiger partial charge is 0.148 e. The number of rotatable bonds is 0. The Kier molecular flexibility index (Phi) is 1.36. The van der Waals surface area contributed by atoms with Gasteiger partial charge in [0.05, 0.1) is 12.4 Å². The summed E-state index contributed by atoms with van der Waals surface area (Å²) < 4.78 is 0. The van der Waals surface area contributed by atoms with Crippen LogP contribution in [-0.4, -0.2) is 18.0 Å². The first-order valence-electron chi connectivity index (χ1n) is 2.41. The summed E-state index contributed by atoms with van der Waals surface area (Å²) in [5.74, 6) is 0. The molecule has 0 saturated carbocycles. The summed E-state index contributed by atoms with van der Waals surface area (Å²) in [5.41, 5.74) is 5.69. The van der Waals surface area contributed by atoms with E-state index in [0.717, 1.165) is 0 Å². The van der Waals surface area contributed by atoms with Crippen molar-refractivity contribution < 1.29 is 5.11 Å². The van der Waals surface area contributed by atoms with Gasteiger partial charge in [0.25, 0.3) is 0 Å². The van der Waals surface area contributed by atoms with Gasteiger partial charge in [0.1, 0.15) is 6.23 Å². The molecule has 4 nitrogen and oxygen atoms in total. The second kappa shape index (κ2) is 2.02. The Labute approximate surface area is 47.4 Å². The van der Waals surface area contributed by atoms with E-state index in [1.165, 1.54) is 0 Å². The second-order valence-corrected chi connectivity index (χ2v) is 1.63. The maximum absolute atomic E-state index is 8.83. The first kappa shape index (κ1) is 5.40. The first-order chi connectivity index (χ1) is 3.80. The Balaban J connectivity index is 2.53. The zero-order valence-corrected chi connectivity index (χ0v) is 4.39. The molecule has 4 heteroatoms. The molecule has 1 heterocycles. The van der Waals surface area contributed by atoms with Crippen LogP contribution in [0, 0.1) is 0 Å². The van der Waals surface area contributed by atoms with E-state index < -0.39 is 6.23 Å². The van der Waals surface area contributed by atoms with E-state index in [2.05, 4.69) is 10.6 Å². The lowest BCUT2D eigenvalue weighted by Crippen LogP contribution is -2.43. The Hall–Kier alpha value is -0.740. The number of aliphatic hydroxyl groups excluding tert-OH is 1. The zero-order chi connectivity index (χ0) is 5.98. The number of hydrogen-bond acceptors (Lipinski definition) is 4. The van der Waals surface area contributed by atoms with E-state index >= 15 is 0 Å². The van der Waals surface area contributed by atoms with Gasteiger partial charge in [0, 0.05) is 6.20 Å². The van der Waals surface area contributed by atoms with Crippen molar-refractivity contribution in [3.8, 4) is 0 Å². The molecule has 1 rings (SSSR count). The minimum absolute atomic E-state index is 0.427. The maximum Gasteiger partial charge on any atom is 0.148 e. The molecular formula is C4H9N3O. The van der Waals surface area contributed by atoms with E-state index in [4.69, 9.17) is 10.8 Å². The highest BCUT2D eigenvalue weighted by Gasteiger charge is 2.07. The normalized spacial score (nSPS) is 28.6. The van der Waals surface area contributed by atoms with Gasteiger partial charge < -0.3 is 16.2 Å². The topological polar surface area (TPSA) is 70.3 Å². The molecule has 5 N–H and O–H groups in total. The van der Waals surface area contributed by atoms with Crippen LogP contribution in [0.15, 0.2) is 11.9 Å². The molecule has 1 aliphatic rings. The highest BCUT2D eigenvalue weighted by atomic mass is 16.3. The third-order valence-electron chi connectivity index (χ3n) is 0.982. The van der Waals surface area contributed by atoms with Crippen molar-refractivity contribution in [2.45, 2.75) is 6.23 Å². The molecule has 0 aliphatic carbocycles. The fraction of sp³-hybridized carbons (Fsp3) is 0.500. The standard InChI is InChI=1S/C4H9N3O/c5-3-1-6-2-7-4(3)8/h1,4,6-8H,2,5H2. The summed E-state index contributed by atoms with van der Waals surface area (Å²) in [7, 11) is 0. The molecule has 0 radical (unpaired) electrons. The van der Waals surface area contributed by atoms with Crippen LogP contribution in [0.1, 0.15) is 0 Å². The monoisotopic (exact) mass is 115 g/mol. The number of hydrogen-bond donors (Lipinski definition) is 4. The quantitative estimate of drug-likeness (QED) is 0.302. The fourth-order valence-corrected chi connectivity index (χ4v) is 0.521. The average molecular weight is 115 g/mol. The molecule has 1 unspecified atom stereocenters. The second-order valence-electron chi connectivity index (χ2n) is 1.63. The van der Waals surface area contributed by atoms with Crippen LogP contribution in [-0.2, 0) is 0 Å². The van der Waals surface area contributed by atoms with Gasteiger partial charge in [-0.1, -0.05) is 0 Å². The Morgan fingerprint density at radius 2 is 2.62 bits per heavy atom. The van der Waals surface area contributed by atoms with E-state index in [1.807, 2.05) is 0 Å². The van der Waals surface area contributed by atoms with Crippen LogP contribution in [0.25, 0.3) is 0 Å². The zero-order valence-electron chi connectivity index (χ0n) is 4.39. The van der Waals surface area contributed by atoms with Crippen LogP contribution in [0.3, 0.4) is 0 Å².